The van der Waals surface area contributed by atoms with Crippen LogP contribution in [0.1, 0.15) is 10.6 Å². The number of amides is 1. The van der Waals surface area contributed by atoms with Gasteiger partial charge in [0, 0.05) is 12.1 Å². The van der Waals surface area contributed by atoms with Gasteiger partial charge in [-0.3, -0.25) is 20.2 Å². The van der Waals surface area contributed by atoms with Crippen LogP contribution in [0, 0.1) is 10.1 Å². The zero-order valence-electron chi connectivity index (χ0n) is 10.7. The topological polar surface area (TPSA) is 118 Å². The summed E-state index contributed by atoms with van der Waals surface area (Å²) in [6, 6.07) is 6.36. The third-order valence-corrected chi connectivity index (χ3v) is 3.09. The molecule has 0 aliphatic heterocycles. The monoisotopic (exact) mass is 385 g/mol. The summed E-state index contributed by atoms with van der Waals surface area (Å²) in [6.07, 6.45) is 0. The molecule has 1 aromatic heterocycles. The fraction of sp³-hybridized carbons (Fsp3) is 0. The minimum Gasteiger partial charge on any atom is -0.506 e. The maximum absolute atomic E-state index is 11.8. The molecule has 114 valence electrons. The van der Waals surface area contributed by atoms with E-state index in [-0.39, 0.29) is 28.0 Å². The van der Waals surface area contributed by atoms with E-state index in [9.17, 15) is 20.0 Å². The number of aromatic hydroxyl groups is 1. The summed E-state index contributed by atoms with van der Waals surface area (Å²) in [4.78, 5) is 21.9. The molecule has 8 nitrogen and oxygen atoms in total. The average molecular weight is 386 g/mol. The molecular weight excluding hydrogens is 378 g/mol. The van der Waals surface area contributed by atoms with Gasteiger partial charge in [-0.2, -0.15) is 0 Å². The Balaban J connectivity index is 2.07. The number of thiocarbonyl (C=S) groups is 1. The summed E-state index contributed by atoms with van der Waals surface area (Å²) >= 11 is 7.97. The number of halogens is 1. The van der Waals surface area contributed by atoms with Gasteiger partial charge in [0.25, 0.3) is 11.6 Å². The highest BCUT2D eigenvalue weighted by Gasteiger charge is 2.15. The standard InChI is InChI=1S/C12H8BrN3O5S/c13-10-4-3-9(21-10)11(18)15-12(22)14-7-5-6(16(19)20)1-2-8(7)17/h1-5,17H,(H2,14,15,18,22). The number of nitrogens with one attached hydrogen (secondary N) is 2. The number of nitro groups is 1. The van der Waals surface area contributed by atoms with Crippen LogP contribution in [0.25, 0.3) is 0 Å². The molecule has 1 heterocycles. The number of phenolic OH excluding ortho intramolecular Hbond substituents is 1. The quantitative estimate of drug-likeness (QED) is 0.321. The summed E-state index contributed by atoms with van der Waals surface area (Å²) in [6.45, 7) is 0. The lowest BCUT2D eigenvalue weighted by molar-refractivity contribution is -0.384. The van der Waals surface area contributed by atoms with Gasteiger partial charge in [0.05, 0.1) is 10.6 Å². The molecule has 0 saturated heterocycles. The number of benzene rings is 1. The normalized spacial score (nSPS) is 10.0. The van der Waals surface area contributed by atoms with E-state index >= 15 is 0 Å². The minimum atomic E-state index is -0.618. The van der Waals surface area contributed by atoms with E-state index in [4.69, 9.17) is 16.6 Å². The molecule has 0 radical (unpaired) electrons. The summed E-state index contributed by atoms with van der Waals surface area (Å²) in [5, 5.41) is 25.0. The second kappa shape index (κ2) is 6.54. The van der Waals surface area contributed by atoms with Crippen molar-refractivity contribution in [1.29, 1.82) is 0 Å². The van der Waals surface area contributed by atoms with Crippen molar-refractivity contribution in [3.05, 3.63) is 50.9 Å². The number of carbonyl (C=O) groups excluding carboxylic acids is 1. The molecule has 10 heteroatoms. The molecule has 2 rings (SSSR count). The molecule has 0 spiro atoms. The van der Waals surface area contributed by atoms with Crippen LogP contribution in [0.5, 0.6) is 5.75 Å². The maximum atomic E-state index is 11.8. The van der Waals surface area contributed by atoms with Crippen molar-refractivity contribution in [3.63, 3.8) is 0 Å². The molecule has 3 N–H and O–H groups in total. The zero-order chi connectivity index (χ0) is 16.3. The maximum Gasteiger partial charge on any atom is 0.293 e. The number of nitrogens with zero attached hydrogens (tertiary/aromatic N) is 1. The smallest absolute Gasteiger partial charge is 0.293 e. The van der Waals surface area contributed by atoms with Gasteiger partial charge in [-0.05, 0) is 46.3 Å². The van der Waals surface area contributed by atoms with E-state index in [1.807, 2.05) is 0 Å². The van der Waals surface area contributed by atoms with Gasteiger partial charge in [0.15, 0.2) is 15.5 Å². The first-order valence-electron chi connectivity index (χ1n) is 5.72. The largest absolute Gasteiger partial charge is 0.506 e. The molecule has 0 bridgehead atoms. The second-order valence-corrected chi connectivity index (χ2v) is 5.16. The van der Waals surface area contributed by atoms with Crippen LogP contribution in [0.3, 0.4) is 0 Å². The van der Waals surface area contributed by atoms with Crippen molar-refractivity contribution in [1.82, 2.24) is 5.32 Å². The van der Waals surface area contributed by atoms with Gasteiger partial charge in [0.1, 0.15) is 5.75 Å². The average Bonchev–Trinajstić information content (AvgIpc) is 2.87. The van der Waals surface area contributed by atoms with Gasteiger partial charge in [-0.25, -0.2) is 0 Å². The van der Waals surface area contributed by atoms with Crippen LogP contribution >= 0.6 is 28.1 Å². The van der Waals surface area contributed by atoms with Gasteiger partial charge < -0.3 is 14.8 Å². The third-order valence-electron chi connectivity index (χ3n) is 2.46. The lowest BCUT2D eigenvalue weighted by Gasteiger charge is -2.09. The van der Waals surface area contributed by atoms with Gasteiger partial charge in [0.2, 0.25) is 0 Å². The predicted octanol–water partition coefficient (Wildman–Crippen LogP) is 2.78. The van der Waals surface area contributed by atoms with Crippen molar-refractivity contribution < 1.29 is 19.2 Å². The van der Waals surface area contributed by atoms with Crippen LogP contribution in [-0.4, -0.2) is 21.0 Å². The molecule has 0 atom stereocenters. The van der Waals surface area contributed by atoms with Gasteiger partial charge >= 0.3 is 0 Å². The molecule has 0 aliphatic rings. The van der Waals surface area contributed by atoms with Crippen LogP contribution < -0.4 is 10.6 Å². The fourth-order valence-corrected chi connectivity index (χ4v) is 2.00. The first kappa shape index (κ1) is 15.9. The molecule has 1 aromatic carbocycles. The van der Waals surface area contributed by atoms with E-state index in [1.54, 1.807) is 0 Å². The molecule has 0 saturated carbocycles. The molecule has 0 fully saturated rings. The first-order chi connectivity index (χ1) is 10.4. The van der Waals surface area contributed by atoms with E-state index in [0.29, 0.717) is 4.67 Å². The Hall–Kier alpha value is -2.46. The number of hydrogen-bond donors (Lipinski definition) is 3. The van der Waals surface area contributed by atoms with Crippen molar-refractivity contribution in [2.45, 2.75) is 0 Å². The number of non-ortho nitro benzene ring substituents is 1. The Morgan fingerprint density at radius 1 is 1.36 bits per heavy atom. The Morgan fingerprint density at radius 3 is 2.68 bits per heavy atom. The first-order valence-corrected chi connectivity index (χ1v) is 6.92. The summed E-state index contributed by atoms with van der Waals surface area (Å²) in [7, 11) is 0. The number of nitro benzene ring substituents is 1. The third kappa shape index (κ3) is 3.80. The van der Waals surface area contributed by atoms with Crippen LogP contribution in [0.15, 0.2) is 39.4 Å². The number of furan rings is 1. The minimum absolute atomic E-state index is 0.000116. The molecule has 0 unspecified atom stereocenters. The van der Waals surface area contributed by atoms with Crippen LogP contribution in [0.4, 0.5) is 11.4 Å². The number of carbonyl (C=O) groups is 1. The summed E-state index contributed by atoms with van der Waals surface area (Å²) in [5.74, 6) is -0.824. The van der Waals surface area contributed by atoms with Crippen LogP contribution in [0.2, 0.25) is 0 Å². The van der Waals surface area contributed by atoms with Crippen molar-refractivity contribution in [2.24, 2.45) is 0 Å². The van der Waals surface area contributed by atoms with E-state index < -0.39 is 10.8 Å². The number of anilines is 1. The lowest BCUT2D eigenvalue weighted by Crippen LogP contribution is -2.33. The highest BCUT2D eigenvalue weighted by atomic mass is 79.9. The van der Waals surface area contributed by atoms with Crippen LogP contribution in [-0.2, 0) is 0 Å². The Kier molecular flexibility index (Phi) is 4.73. The highest BCUT2D eigenvalue weighted by molar-refractivity contribution is 9.10. The SMILES string of the molecule is O=C(NC(=S)Nc1cc([N+](=O)[O-])ccc1O)c1ccc(Br)o1. The molecule has 0 aliphatic carbocycles. The van der Waals surface area contributed by atoms with Gasteiger partial charge in [-0.1, -0.05) is 0 Å². The fourth-order valence-electron chi connectivity index (χ4n) is 1.49. The Morgan fingerprint density at radius 2 is 2.09 bits per heavy atom. The predicted molar refractivity (Wildman–Crippen MR) is 84.9 cm³/mol. The van der Waals surface area contributed by atoms with Crippen molar-refractivity contribution in [2.75, 3.05) is 5.32 Å². The molecule has 1 amide bonds. The van der Waals surface area contributed by atoms with Crippen molar-refractivity contribution in [3.8, 4) is 5.75 Å². The Labute approximate surface area is 137 Å². The van der Waals surface area contributed by atoms with E-state index in [2.05, 4.69) is 26.6 Å². The number of hydrogen-bond acceptors (Lipinski definition) is 6. The van der Waals surface area contributed by atoms with E-state index in [1.165, 1.54) is 12.1 Å². The van der Waals surface area contributed by atoms with Crippen molar-refractivity contribution >= 4 is 50.5 Å². The summed E-state index contributed by atoms with van der Waals surface area (Å²) < 4.78 is 5.43. The van der Waals surface area contributed by atoms with E-state index in [0.717, 1.165) is 18.2 Å². The zero-order valence-corrected chi connectivity index (χ0v) is 13.1. The molecular formula is C12H8BrN3O5S. The second-order valence-electron chi connectivity index (χ2n) is 3.97. The highest BCUT2D eigenvalue weighted by Crippen LogP contribution is 2.27. The molecule has 2 aromatic rings. The molecule has 22 heavy (non-hydrogen) atoms. The summed E-state index contributed by atoms with van der Waals surface area (Å²) in [5.41, 5.74) is -0.232. The number of rotatable bonds is 3. The lowest BCUT2D eigenvalue weighted by atomic mass is 10.2. The Bertz CT molecular complexity index is 761. The van der Waals surface area contributed by atoms with Gasteiger partial charge in [-0.15, -0.1) is 0 Å². The number of phenols is 1.